The molecule has 1 N–H and O–H groups in total. The Morgan fingerprint density at radius 2 is 1.81 bits per heavy atom. The highest BCUT2D eigenvalue weighted by atomic mass is 16.5. The summed E-state index contributed by atoms with van der Waals surface area (Å²) in [7, 11) is 0. The van der Waals surface area contributed by atoms with Gasteiger partial charge >= 0.3 is 5.97 Å². The molecule has 0 spiro atoms. The molecule has 194 valence electrons. The lowest BCUT2D eigenvalue weighted by Crippen LogP contribution is -2.42. The molecule has 0 aliphatic carbocycles. The van der Waals surface area contributed by atoms with E-state index >= 15 is 0 Å². The number of carbonyl (C=O) groups excluding carboxylic acids is 2. The molecule has 2 heterocycles. The molecule has 0 bridgehead atoms. The second kappa shape index (κ2) is 12.2. The maximum absolute atomic E-state index is 13.2. The predicted octanol–water partition coefficient (Wildman–Crippen LogP) is 3.85. The van der Waals surface area contributed by atoms with Crippen LogP contribution in [-0.2, 0) is 16.1 Å². The largest absolute Gasteiger partial charge is 0.490 e. The zero-order valence-corrected chi connectivity index (χ0v) is 21.2. The van der Waals surface area contributed by atoms with Gasteiger partial charge in [-0.15, -0.1) is 0 Å². The van der Waals surface area contributed by atoms with Gasteiger partial charge in [0.15, 0.2) is 11.4 Å². The van der Waals surface area contributed by atoms with E-state index in [0.717, 1.165) is 18.4 Å². The highest BCUT2D eigenvalue weighted by Crippen LogP contribution is 2.25. The molecule has 9 heteroatoms. The van der Waals surface area contributed by atoms with Gasteiger partial charge in [-0.1, -0.05) is 30.3 Å². The summed E-state index contributed by atoms with van der Waals surface area (Å²) < 4.78 is 12.2. The number of hydrogen-bond acceptors (Lipinski definition) is 7. The summed E-state index contributed by atoms with van der Waals surface area (Å²) in [5, 5.41) is 7.42. The maximum atomic E-state index is 13.2. The van der Waals surface area contributed by atoms with Crippen molar-refractivity contribution in [1.82, 2.24) is 14.7 Å². The minimum Gasteiger partial charge on any atom is -0.490 e. The van der Waals surface area contributed by atoms with Crippen molar-refractivity contribution in [1.29, 1.82) is 0 Å². The van der Waals surface area contributed by atoms with E-state index in [9.17, 15) is 14.4 Å². The molecular formula is C28H32N4O5. The van der Waals surface area contributed by atoms with Crippen molar-refractivity contribution in [3.8, 4) is 5.75 Å². The fourth-order valence-electron chi connectivity index (χ4n) is 4.36. The Morgan fingerprint density at radius 3 is 2.51 bits per heavy atom. The molecule has 1 aliphatic rings. The number of rotatable bonds is 9. The number of carbonyl (C=O) groups is 2. The zero-order valence-electron chi connectivity index (χ0n) is 21.2. The fourth-order valence-corrected chi connectivity index (χ4v) is 4.36. The van der Waals surface area contributed by atoms with E-state index in [-0.39, 0.29) is 29.0 Å². The van der Waals surface area contributed by atoms with Gasteiger partial charge in [-0.25, -0.2) is 4.68 Å². The number of esters is 1. The molecule has 1 amide bonds. The summed E-state index contributed by atoms with van der Waals surface area (Å²) in [6.45, 7) is 5.62. The van der Waals surface area contributed by atoms with Crippen molar-refractivity contribution in [2.45, 2.75) is 33.2 Å². The van der Waals surface area contributed by atoms with Crippen LogP contribution in [-0.4, -0.2) is 52.9 Å². The van der Waals surface area contributed by atoms with Gasteiger partial charge in [-0.3, -0.25) is 14.4 Å². The average Bonchev–Trinajstić information content (AvgIpc) is 2.93. The van der Waals surface area contributed by atoms with E-state index in [1.54, 1.807) is 36.1 Å². The number of nitrogens with zero attached hydrogens (tertiary/aromatic N) is 3. The zero-order chi connectivity index (χ0) is 26.2. The molecule has 4 rings (SSSR count). The van der Waals surface area contributed by atoms with Crippen LogP contribution < -0.4 is 15.6 Å². The van der Waals surface area contributed by atoms with Gasteiger partial charge in [0, 0.05) is 24.3 Å². The first-order valence-electron chi connectivity index (χ1n) is 12.6. The van der Waals surface area contributed by atoms with Crippen LogP contribution in [0.3, 0.4) is 0 Å². The molecular weight excluding hydrogens is 472 g/mol. The molecule has 0 saturated carbocycles. The number of ether oxygens (including phenoxy) is 2. The standard InChI is InChI=1S/C28H32N4O5/c1-3-36-24-17-29-32(18-20-9-6-5-7-10-20)27(34)25(24)30-23-14-12-21(13-15-23)26(33)31-16-8-11-22(19-31)28(35)37-4-2/h5-7,9-10,12-15,17,22,30H,3-4,8,11,16,18-19H2,1-2H3. The lowest BCUT2D eigenvalue weighted by molar-refractivity contribution is -0.149. The smallest absolute Gasteiger partial charge is 0.310 e. The number of aromatic nitrogens is 2. The van der Waals surface area contributed by atoms with Crippen LogP contribution in [0.5, 0.6) is 5.75 Å². The van der Waals surface area contributed by atoms with Gasteiger partial charge in [0.1, 0.15) is 0 Å². The summed E-state index contributed by atoms with van der Waals surface area (Å²) in [6, 6.07) is 16.5. The minimum absolute atomic E-state index is 0.135. The van der Waals surface area contributed by atoms with Crippen LogP contribution in [0.2, 0.25) is 0 Å². The molecule has 3 aromatic rings. The van der Waals surface area contributed by atoms with Crippen molar-refractivity contribution >= 4 is 23.3 Å². The first-order valence-corrected chi connectivity index (χ1v) is 12.6. The predicted molar refractivity (Wildman–Crippen MR) is 140 cm³/mol. The molecule has 37 heavy (non-hydrogen) atoms. The van der Waals surface area contributed by atoms with Crippen LogP contribution in [0.15, 0.2) is 65.6 Å². The van der Waals surface area contributed by atoms with Gasteiger partial charge in [-0.05, 0) is 56.5 Å². The number of likely N-dealkylation sites (tertiary alicyclic amines) is 1. The number of benzene rings is 2. The van der Waals surface area contributed by atoms with E-state index in [0.29, 0.717) is 49.8 Å². The van der Waals surface area contributed by atoms with Gasteiger partial charge in [0.05, 0.1) is 31.9 Å². The number of piperidine rings is 1. The van der Waals surface area contributed by atoms with Crippen molar-refractivity contribution in [3.05, 3.63) is 82.3 Å². The van der Waals surface area contributed by atoms with E-state index in [1.165, 1.54) is 10.9 Å². The van der Waals surface area contributed by atoms with Crippen LogP contribution in [0.4, 0.5) is 11.4 Å². The summed E-state index contributed by atoms with van der Waals surface area (Å²) >= 11 is 0. The highest BCUT2D eigenvalue weighted by Gasteiger charge is 2.29. The molecule has 1 unspecified atom stereocenters. The Hall–Kier alpha value is -4.14. The molecule has 2 aromatic carbocycles. The Balaban J connectivity index is 1.50. The third kappa shape index (κ3) is 6.35. The monoisotopic (exact) mass is 504 g/mol. The quantitative estimate of drug-likeness (QED) is 0.442. The second-order valence-electron chi connectivity index (χ2n) is 8.81. The van der Waals surface area contributed by atoms with Crippen molar-refractivity contribution in [2.24, 2.45) is 5.92 Å². The van der Waals surface area contributed by atoms with Crippen molar-refractivity contribution in [2.75, 3.05) is 31.6 Å². The normalized spacial score (nSPS) is 15.2. The van der Waals surface area contributed by atoms with Gasteiger partial charge in [-0.2, -0.15) is 5.10 Å². The lowest BCUT2D eigenvalue weighted by Gasteiger charge is -2.31. The minimum atomic E-state index is -0.312. The van der Waals surface area contributed by atoms with Crippen molar-refractivity contribution in [3.63, 3.8) is 0 Å². The molecule has 1 atom stereocenters. The lowest BCUT2D eigenvalue weighted by atomic mass is 9.97. The van der Waals surface area contributed by atoms with Crippen LogP contribution in [0.1, 0.15) is 42.6 Å². The van der Waals surface area contributed by atoms with E-state index in [2.05, 4.69) is 10.4 Å². The third-order valence-electron chi connectivity index (χ3n) is 6.21. The van der Waals surface area contributed by atoms with Gasteiger partial charge < -0.3 is 19.7 Å². The highest BCUT2D eigenvalue weighted by molar-refractivity contribution is 5.95. The van der Waals surface area contributed by atoms with Crippen molar-refractivity contribution < 1.29 is 19.1 Å². The Kier molecular flexibility index (Phi) is 8.56. The molecule has 9 nitrogen and oxygen atoms in total. The number of amides is 1. The average molecular weight is 505 g/mol. The first-order chi connectivity index (χ1) is 18.0. The van der Waals surface area contributed by atoms with E-state index in [1.807, 2.05) is 37.3 Å². The van der Waals surface area contributed by atoms with Gasteiger partial charge in [0.2, 0.25) is 0 Å². The summed E-state index contributed by atoms with van der Waals surface area (Å²) in [5.74, 6) is -0.319. The Morgan fingerprint density at radius 1 is 1.05 bits per heavy atom. The Labute approximate surface area is 216 Å². The molecule has 1 aliphatic heterocycles. The van der Waals surface area contributed by atoms with Crippen LogP contribution in [0.25, 0.3) is 0 Å². The molecule has 1 fully saturated rings. The summed E-state index contributed by atoms with van der Waals surface area (Å²) in [5.41, 5.74) is 2.07. The SMILES string of the molecule is CCOC(=O)C1CCCN(C(=O)c2ccc(Nc3c(OCC)cnn(Cc4ccccc4)c3=O)cc2)C1. The topological polar surface area (TPSA) is 103 Å². The molecule has 0 radical (unpaired) electrons. The molecule has 1 saturated heterocycles. The number of anilines is 2. The number of nitrogens with one attached hydrogen (secondary N) is 1. The third-order valence-corrected chi connectivity index (χ3v) is 6.21. The first kappa shape index (κ1) is 25.9. The summed E-state index contributed by atoms with van der Waals surface area (Å²) in [4.78, 5) is 40.2. The van der Waals surface area contributed by atoms with E-state index < -0.39 is 0 Å². The summed E-state index contributed by atoms with van der Waals surface area (Å²) in [6.07, 6.45) is 3.01. The second-order valence-corrected chi connectivity index (χ2v) is 8.81. The number of hydrogen-bond donors (Lipinski definition) is 1. The Bertz CT molecular complexity index is 1270. The molecule has 1 aromatic heterocycles. The van der Waals surface area contributed by atoms with Crippen LogP contribution in [0, 0.1) is 5.92 Å². The fraction of sp³-hybridized carbons (Fsp3) is 0.357. The van der Waals surface area contributed by atoms with E-state index in [4.69, 9.17) is 9.47 Å². The van der Waals surface area contributed by atoms with Crippen LogP contribution >= 0.6 is 0 Å². The van der Waals surface area contributed by atoms with Gasteiger partial charge in [0.25, 0.3) is 11.5 Å². The maximum Gasteiger partial charge on any atom is 0.310 e.